The molecule has 0 aromatic heterocycles. The number of hydrogen-bond donors (Lipinski definition) is 1. The lowest BCUT2D eigenvalue weighted by atomic mass is 10.1. The normalized spacial score (nSPS) is 11.8. The third-order valence-corrected chi connectivity index (χ3v) is 6.22. The number of rotatable bonds is 11. The van der Waals surface area contributed by atoms with Gasteiger partial charge in [0, 0.05) is 26.1 Å². The highest BCUT2D eigenvalue weighted by atomic mass is 32.2. The number of amides is 1. The average Bonchev–Trinajstić information content (AvgIpc) is 2.59. The molecule has 0 bridgehead atoms. The summed E-state index contributed by atoms with van der Waals surface area (Å²) in [4.78, 5) is 24.9. The van der Waals surface area contributed by atoms with Crippen molar-refractivity contribution in [2.24, 2.45) is 5.92 Å². The Kier molecular flexibility index (Phi) is 8.92. The highest BCUT2D eigenvalue weighted by Gasteiger charge is 2.21. The number of carbonyl (C=O) groups is 2. The average molecular weight is 399 g/mol. The van der Waals surface area contributed by atoms with E-state index in [0.29, 0.717) is 26.1 Å². The lowest BCUT2D eigenvalue weighted by molar-refractivity contribution is -0.144. The second-order valence-corrected chi connectivity index (χ2v) is 8.73. The van der Waals surface area contributed by atoms with Gasteiger partial charge < -0.3 is 10.0 Å². The van der Waals surface area contributed by atoms with E-state index in [4.69, 9.17) is 5.11 Å². The van der Waals surface area contributed by atoms with Gasteiger partial charge >= 0.3 is 5.97 Å². The molecule has 27 heavy (non-hydrogen) atoms. The Morgan fingerprint density at radius 3 is 2.07 bits per heavy atom. The number of benzene rings is 1. The van der Waals surface area contributed by atoms with E-state index in [0.717, 1.165) is 5.56 Å². The molecule has 1 aromatic carbocycles. The van der Waals surface area contributed by atoms with Gasteiger partial charge in [0.25, 0.3) is 0 Å². The lowest BCUT2D eigenvalue weighted by Crippen LogP contribution is -2.38. The van der Waals surface area contributed by atoms with E-state index < -0.39 is 16.0 Å². The molecule has 152 valence electrons. The van der Waals surface area contributed by atoms with E-state index in [1.54, 1.807) is 38.1 Å². The molecule has 0 aliphatic heterocycles. The van der Waals surface area contributed by atoms with Crippen molar-refractivity contribution in [2.45, 2.75) is 45.4 Å². The summed E-state index contributed by atoms with van der Waals surface area (Å²) in [5, 5.41) is 8.97. The molecule has 0 aliphatic carbocycles. The fourth-order valence-corrected chi connectivity index (χ4v) is 4.27. The number of aliphatic carboxylic acids is 1. The van der Waals surface area contributed by atoms with Crippen molar-refractivity contribution in [3.05, 3.63) is 29.8 Å². The molecule has 1 amide bonds. The number of carbonyl (C=O) groups excluding carboxylic acids is 1. The molecule has 0 heterocycles. The fraction of sp³-hybridized carbons (Fsp3) is 0.579. The maximum atomic E-state index is 12.5. The molecule has 0 saturated heterocycles. The molecule has 8 heteroatoms. The minimum atomic E-state index is -3.50. The first-order chi connectivity index (χ1) is 12.6. The standard InChI is InChI=1S/C19H30N2O5S/c1-5-21(6-2)27(25,26)17-10-7-16(8-11-17)9-12-18(22)20(13-15(3)4)14-19(23)24/h7-8,10-11,15H,5-6,9,12-14H2,1-4H3,(H,23,24). The number of nitrogens with zero attached hydrogens (tertiary/aromatic N) is 2. The van der Waals surface area contributed by atoms with Crippen LogP contribution in [0.3, 0.4) is 0 Å². The molecule has 0 radical (unpaired) electrons. The van der Waals surface area contributed by atoms with E-state index >= 15 is 0 Å². The number of carboxylic acid groups (broad SMARTS) is 1. The number of aryl methyl sites for hydroxylation is 1. The van der Waals surface area contributed by atoms with Crippen molar-refractivity contribution in [1.29, 1.82) is 0 Å². The van der Waals surface area contributed by atoms with Crippen molar-refractivity contribution < 1.29 is 23.1 Å². The van der Waals surface area contributed by atoms with Crippen molar-refractivity contribution in [3.8, 4) is 0 Å². The van der Waals surface area contributed by atoms with E-state index in [-0.39, 0.29) is 29.7 Å². The van der Waals surface area contributed by atoms with E-state index in [2.05, 4.69) is 0 Å². The van der Waals surface area contributed by atoms with E-state index in [1.807, 2.05) is 13.8 Å². The number of sulfonamides is 1. The van der Waals surface area contributed by atoms with Crippen LogP contribution in [-0.4, -0.2) is 60.8 Å². The van der Waals surface area contributed by atoms with Crippen LogP contribution >= 0.6 is 0 Å². The van der Waals surface area contributed by atoms with Crippen molar-refractivity contribution in [1.82, 2.24) is 9.21 Å². The predicted molar refractivity (Wildman–Crippen MR) is 104 cm³/mol. The van der Waals surface area contributed by atoms with Gasteiger partial charge in [-0.05, 0) is 30.0 Å². The third-order valence-electron chi connectivity index (χ3n) is 4.16. The van der Waals surface area contributed by atoms with Crippen LogP contribution in [-0.2, 0) is 26.0 Å². The second-order valence-electron chi connectivity index (χ2n) is 6.80. The maximum Gasteiger partial charge on any atom is 0.323 e. The van der Waals surface area contributed by atoms with Gasteiger partial charge in [0.1, 0.15) is 6.54 Å². The largest absolute Gasteiger partial charge is 0.480 e. The van der Waals surface area contributed by atoms with Gasteiger partial charge in [-0.2, -0.15) is 4.31 Å². The molecule has 0 unspecified atom stereocenters. The van der Waals surface area contributed by atoms with Gasteiger partial charge in [0.2, 0.25) is 15.9 Å². The quantitative estimate of drug-likeness (QED) is 0.617. The molecule has 1 aromatic rings. The molecular weight excluding hydrogens is 368 g/mol. The summed E-state index contributed by atoms with van der Waals surface area (Å²) in [7, 11) is -3.50. The Morgan fingerprint density at radius 1 is 1.07 bits per heavy atom. The highest BCUT2D eigenvalue weighted by molar-refractivity contribution is 7.89. The van der Waals surface area contributed by atoms with Crippen LogP contribution in [0.5, 0.6) is 0 Å². The van der Waals surface area contributed by atoms with Crippen molar-refractivity contribution in [2.75, 3.05) is 26.2 Å². The zero-order chi connectivity index (χ0) is 20.6. The summed E-state index contributed by atoms with van der Waals surface area (Å²) in [6.07, 6.45) is 0.612. The van der Waals surface area contributed by atoms with Crippen LogP contribution in [0.15, 0.2) is 29.2 Å². The molecular formula is C19H30N2O5S. The van der Waals surface area contributed by atoms with Crippen molar-refractivity contribution in [3.63, 3.8) is 0 Å². The highest BCUT2D eigenvalue weighted by Crippen LogP contribution is 2.17. The first-order valence-electron chi connectivity index (χ1n) is 9.20. The van der Waals surface area contributed by atoms with Crippen molar-refractivity contribution >= 4 is 21.9 Å². The Hall–Kier alpha value is -1.93. The molecule has 0 spiro atoms. The first kappa shape index (κ1) is 23.1. The van der Waals surface area contributed by atoms with Crippen LogP contribution in [0.25, 0.3) is 0 Å². The maximum absolute atomic E-state index is 12.5. The summed E-state index contributed by atoms with van der Waals surface area (Å²) in [6, 6.07) is 6.51. The van der Waals surface area contributed by atoms with Crippen LogP contribution in [0.2, 0.25) is 0 Å². The van der Waals surface area contributed by atoms with Gasteiger partial charge in [-0.15, -0.1) is 0 Å². The summed E-state index contributed by atoms with van der Waals surface area (Å²) >= 11 is 0. The van der Waals surface area contributed by atoms with Crippen LogP contribution in [0, 0.1) is 5.92 Å². The minimum absolute atomic E-state index is 0.179. The first-order valence-corrected chi connectivity index (χ1v) is 10.6. The van der Waals surface area contributed by atoms with Gasteiger partial charge in [-0.3, -0.25) is 9.59 Å². The third kappa shape index (κ3) is 6.95. The molecule has 0 atom stereocenters. The SMILES string of the molecule is CCN(CC)S(=O)(=O)c1ccc(CCC(=O)N(CC(=O)O)CC(C)C)cc1. The molecule has 0 saturated carbocycles. The van der Waals surface area contributed by atoms with Crippen LogP contribution < -0.4 is 0 Å². The monoisotopic (exact) mass is 398 g/mol. The van der Waals surface area contributed by atoms with Gasteiger partial charge in [-0.25, -0.2) is 8.42 Å². The zero-order valence-electron chi connectivity index (χ0n) is 16.5. The summed E-state index contributed by atoms with van der Waals surface area (Å²) < 4.78 is 26.3. The lowest BCUT2D eigenvalue weighted by Gasteiger charge is -2.22. The Labute approximate surface area is 162 Å². The van der Waals surface area contributed by atoms with Gasteiger partial charge in [-0.1, -0.05) is 39.8 Å². The fourth-order valence-electron chi connectivity index (χ4n) is 2.81. The van der Waals surface area contributed by atoms with Gasteiger partial charge in [0.05, 0.1) is 4.90 Å². The minimum Gasteiger partial charge on any atom is -0.480 e. The van der Waals surface area contributed by atoms with E-state index in [1.165, 1.54) is 9.21 Å². The summed E-state index contributed by atoms with van der Waals surface area (Å²) in [5.74, 6) is -1.07. The zero-order valence-corrected chi connectivity index (χ0v) is 17.3. The van der Waals surface area contributed by atoms with Crippen LogP contribution in [0.1, 0.15) is 39.7 Å². The molecule has 7 nitrogen and oxygen atoms in total. The number of carboxylic acids is 1. The van der Waals surface area contributed by atoms with Gasteiger partial charge in [0.15, 0.2) is 0 Å². The number of hydrogen-bond acceptors (Lipinski definition) is 4. The van der Waals surface area contributed by atoms with E-state index in [9.17, 15) is 18.0 Å². The smallest absolute Gasteiger partial charge is 0.323 e. The molecule has 1 N–H and O–H groups in total. The Bertz CT molecular complexity index is 725. The predicted octanol–water partition coefficient (Wildman–Crippen LogP) is 2.22. The summed E-state index contributed by atoms with van der Waals surface area (Å²) in [6.45, 7) is 8.34. The summed E-state index contributed by atoms with van der Waals surface area (Å²) in [5.41, 5.74) is 0.835. The molecule has 0 aliphatic rings. The topological polar surface area (TPSA) is 95.0 Å². The second kappa shape index (κ2) is 10.4. The Balaban J connectivity index is 2.77. The Morgan fingerprint density at radius 2 is 1.63 bits per heavy atom. The van der Waals surface area contributed by atoms with Crippen LogP contribution in [0.4, 0.5) is 0 Å². The molecule has 1 rings (SSSR count). The molecule has 0 fully saturated rings.